The molecule has 0 fully saturated rings. The van der Waals surface area contributed by atoms with E-state index in [9.17, 15) is 14.4 Å². The van der Waals surface area contributed by atoms with Crippen molar-refractivity contribution in [2.24, 2.45) is 5.73 Å². The zero-order valence-corrected chi connectivity index (χ0v) is 17.5. The second-order valence-corrected chi connectivity index (χ2v) is 6.95. The van der Waals surface area contributed by atoms with Gasteiger partial charge in [0.2, 0.25) is 0 Å². The number of hydrogen-bond acceptors (Lipinski definition) is 5. The van der Waals surface area contributed by atoms with E-state index >= 15 is 0 Å². The van der Waals surface area contributed by atoms with Crippen LogP contribution in [0, 0.1) is 6.92 Å². The van der Waals surface area contributed by atoms with Gasteiger partial charge in [-0.05, 0) is 48.9 Å². The van der Waals surface area contributed by atoms with Crippen LogP contribution < -0.4 is 21.1 Å². The first kappa shape index (κ1) is 22.4. The van der Waals surface area contributed by atoms with E-state index in [2.05, 4.69) is 10.6 Å². The number of nitrogens with one attached hydrogen (secondary N) is 2. The van der Waals surface area contributed by atoms with Gasteiger partial charge in [-0.25, -0.2) is 9.59 Å². The van der Waals surface area contributed by atoms with Crippen molar-refractivity contribution in [1.29, 1.82) is 0 Å². The van der Waals surface area contributed by atoms with E-state index < -0.39 is 24.5 Å². The summed E-state index contributed by atoms with van der Waals surface area (Å²) in [6.45, 7) is 1.77. The van der Waals surface area contributed by atoms with Crippen LogP contribution in [0.1, 0.15) is 21.5 Å². The molecule has 32 heavy (non-hydrogen) atoms. The lowest BCUT2D eigenvalue weighted by Gasteiger charge is -2.12. The van der Waals surface area contributed by atoms with Gasteiger partial charge in [0, 0.05) is 6.54 Å². The summed E-state index contributed by atoms with van der Waals surface area (Å²) in [7, 11) is 0. The first-order valence-electron chi connectivity index (χ1n) is 9.83. The van der Waals surface area contributed by atoms with Crippen LogP contribution in [-0.2, 0) is 16.1 Å². The fraction of sp³-hybridized carbons (Fsp3) is 0.125. The van der Waals surface area contributed by atoms with Crippen molar-refractivity contribution >= 4 is 23.6 Å². The summed E-state index contributed by atoms with van der Waals surface area (Å²) in [5, 5.41) is 5.15. The number of carbonyl (C=O) groups is 3. The molecule has 0 saturated carbocycles. The molecular formula is C24H23N3O5. The van der Waals surface area contributed by atoms with Crippen LogP contribution in [0.5, 0.6) is 11.5 Å². The maximum atomic E-state index is 12.3. The highest BCUT2D eigenvalue weighted by atomic mass is 16.5. The highest BCUT2D eigenvalue weighted by Gasteiger charge is 2.13. The number of esters is 1. The first-order chi connectivity index (χ1) is 15.4. The maximum absolute atomic E-state index is 12.3. The number of amides is 3. The van der Waals surface area contributed by atoms with Crippen molar-refractivity contribution in [2.45, 2.75) is 13.5 Å². The van der Waals surface area contributed by atoms with Gasteiger partial charge >= 0.3 is 12.0 Å². The number of carbonyl (C=O) groups excluding carboxylic acids is 3. The topological polar surface area (TPSA) is 120 Å². The molecule has 0 aliphatic heterocycles. The van der Waals surface area contributed by atoms with Crippen LogP contribution in [0.15, 0.2) is 72.8 Å². The number of para-hydroxylation sites is 2. The van der Waals surface area contributed by atoms with Gasteiger partial charge in [0.1, 0.15) is 5.75 Å². The molecule has 0 radical (unpaired) electrons. The number of urea groups is 1. The average Bonchev–Trinajstić information content (AvgIpc) is 2.79. The molecule has 0 saturated heterocycles. The minimum absolute atomic E-state index is 0.247. The molecule has 3 amide bonds. The molecule has 8 heteroatoms. The molecule has 0 bridgehead atoms. The Hall–Kier alpha value is -4.33. The van der Waals surface area contributed by atoms with Crippen LogP contribution in [0.25, 0.3) is 0 Å². The zero-order chi connectivity index (χ0) is 22.9. The number of rotatable bonds is 8. The largest absolute Gasteiger partial charge is 0.455 e. The summed E-state index contributed by atoms with van der Waals surface area (Å²) >= 11 is 0. The van der Waals surface area contributed by atoms with Crippen LogP contribution in [-0.4, -0.2) is 24.5 Å². The molecule has 164 valence electrons. The predicted molar refractivity (Wildman–Crippen MR) is 119 cm³/mol. The van der Waals surface area contributed by atoms with E-state index in [1.54, 1.807) is 48.5 Å². The number of hydrogen-bond donors (Lipinski definition) is 3. The number of primary amides is 1. The lowest BCUT2D eigenvalue weighted by Crippen LogP contribution is -2.28. The molecule has 0 heterocycles. The first-order valence-corrected chi connectivity index (χ1v) is 9.83. The SMILES string of the molecule is Cc1ccc(Oc2ccccc2NC(=O)COC(=O)c2ccc(CNC(N)=O)cc2)cc1. The Balaban J connectivity index is 1.54. The third kappa shape index (κ3) is 6.60. The Morgan fingerprint density at radius 3 is 2.28 bits per heavy atom. The van der Waals surface area contributed by atoms with Crippen molar-refractivity contribution < 1.29 is 23.9 Å². The molecule has 0 aliphatic rings. The van der Waals surface area contributed by atoms with Crippen molar-refractivity contribution in [1.82, 2.24) is 5.32 Å². The number of nitrogens with two attached hydrogens (primary N) is 1. The number of ether oxygens (including phenoxy) is 2. The normalized spacial score (nSPS) is 10.2. The molecule has 0 spiro atoms. The molecule has 3 aromatic carbocycles. The quantitative estimate of drug-likeness (QED) is 0.467. The summed E-state index contributed by atoms with van der Waals surface area (Å²) < 4.78 is 10.9. The summed E-state index contributed by atoms with van der Waals surface area (Å²) in [5.41, 5.74) is 7.64. The van der Waals surface area contributed by atoms with E-state index in [1.807, 2.05) is 31.2 Å². The Kier molecular flexibility index (Phi) is 7.42. The van der Waals surface area contributed by atoms with Gasteiger partial charge < -0.3 is 25.8 Å². The molecule has 0 aromatic heterocycles. The van der Waals surface area contributed by atoms with Gasteiger partial charge in [0.15, 0.2) is 12.4 Å². The van der Waals surface area contributed by atoms with E-state index in [0.29, 0.717) is 17.2 Å². The minimum Gasteiger partial charge on any atom is -0.455 e. The van der Waals surface area contributed by atoms with Crippen molar-refractivity contribution in [3.05, 3.63) is 89.5 Å². The Morgan fingerprint density at radius 2 is 1.59 bits per heavy atom. The van der Waals surface area contributed by atoms with Crippen LogP contribution >= 0.6 is 0 Å². The molecule has 3 aromatic rings. The molecule has 3 rings (SSSR count). The van der Waals surface area contributed by atoms with Gasteiger partial charge in [0.25, 0.3) is 5.91 Å². The third-order valence-corrected chi connectivity index (χ3v) is 4.40. The minimum atomic E-state index is -0.640. The smallest absolute Gasteiger partial charge is 0.338 e. The van der Waals surface area contributed by atoms with E-state index in [4.69, 9.17) is 15.2 Å². The fourth-order valence-corrected chi connectivity index (χ4v) is 2.74. The highest BCUT2D eigenvalue weighted by molar-refractivity contribution is 5.96. The molecule has 4 N–H and O–H groups in total. The summed E-state index contributed by atoms with van der Waals surface area (Å²) in [5.74, 6) is -0.0336. The van der Waals surface area contributed by atoms with Gasteiger partial charge in [-0.2, -0.15) is 0 Å². The second kappa shape index (κ2) is 10.6. The standard InChI is InChI=1S/C24H23N3O5/c1-16-6-12-19(13-7-16)32-21-5-3-2-4-20(21)27-22(28)15-31-23(29)18-10-8-17(9-11-18)14-26-24(25)30/h2-13H,14-15H2,1H3,(H,27,28)(H3,25,26,30). The van der Waals surface area contributed by atoms with Gasteiger partial charge in [-0.15, -0.1) is 0 Å². The van der Waals surface area contributed by atoms with Crippen LogP contribution in [0.4, 0.5) is 10.5 Å². The lowest BCUT2D eigenvalue weighted by atomic mass is 10.1. The number of benzene rings is 3. The Labute approximate surface area is 185 Å². The van der Waals surface area contributed by atoms with Crippen molar-refractivity contribution in [3.63, 3.8) is 0 Å². The van der Waals surface area contributed by atoms with Crippen LogP contribution in [0.2, 0.25) is 0 Å². The van der Waals surface area contributed by atoms with Crippen LogP contribution in [0.3, 0.4) is 0 Å². The van der Waals surface area contributed by atoms with Crippen molar-refractivity contribution in [3.8, 4) is 11.5 Å². The van der Waals surface area contributed by atoms with E-state index in [0.717, 1.165) is 11.1 Å². The molecule has 0 unspecified atom stereocenters. The summed E-state index contributed by atoms with van der Waals surface area (Å²) in [6, 6.07) is 20.3. The Morgan fingerprint density at radius 1 is 0.906 bits per heavy atom. The molecule has 8 nitrogen and oxygen atoms in total. The predicted octanol–water partition coefficient (Wildman–Crippen LogP) is 3.75. The molecule has 0 aliphatic carbocycles. The number of anilines is 1. The van der Waals surface area contributed by atoms with Crippen molar-refractivity contribution in [2.75, 3.05) is 11.9 Å². The fourth-order valence-electron chi connectivity index (χ4n) is 2.74. The van der Waals surface area contributed by atoms with E-state index in [1.165, 1.54) is 0 Å². The van der Waals surface area contributed by atoms with Gasteiger partial charge in [0.05, 0.1) is 11.3 Å². The zero-order valence-electron chi connectivity index (χ0n) is 17.5. The van der Waals surface area contributed by atoms with E-state index in [-0.39, 0.29) is 12.1 Å². The number of aryl methyl sites for hydroxylation is 1. The highest BCUT2D eigenvalue weighted by Crippen LogP contribution is 2.29. The summed E-state index contributed by atoms with van der Waals surface area (Å²) in [4.78, 5) is 35.2. The summed E-state index contributed by atoms with van der Waals surface area (Å²) in [6.07, 6.45) is 0. The molecular weight excluding hydrogens is 410 g/mol. The van der Waals surface area contributed by atoms with Gasteiger partial charge in [-0.3, -0.25) is 4.79 Å². The molecule has 0 atom stereocenters. The van der Waals surface area contributed by atoms with Gasteiger partial charge in [-0.1, -0.05) is 42.0 Å². The maximum Gasteiger partial charge on any atom is 0.338 e. The third-order valence-electron chi connectivity index (χ3n) is 4.40. The Bertz CT molecular complexity index is 1100. The average molecular weight is 433 g/mol. The second-order valence-electron chi connectivity index (χ2n) is 6.95. The lowest BCUT2D eigenvalue weighted by molar-refractivity contribution is -0.119. The monoisotopic (exact) mass is 433 g/mol.